The number of benzene rings is 1. The van der Waals surface area contributed by atoms with E-state index in [9.17, 15) is 4.79 Å². The van der Waals surface area contributed by atoms with E-state index < -0.39 is 5.97 Å². The summed E-state index contributed by atoms with van der Waals surface area (Å²) in [5.41, 5.74) is 1.67. The molecule has 0 radical (unpaired) electrons. The molecule has 1 aromatic heterocycles. The SMILES string of the molecule is O=C(O)c1cc(-c2ccc(C3COCO3)cc2)on1. The van der Waals surface area contributed by atoms with E-state index in [1.54, 1.807) is 0 Å². The first-order valence-electron chi connectivity index (χ1n) is 5.74. The highest BCUT2D eigenvalue weighted by atomic mass is 16.7. The Kier molecular flexibility index (Phi) is 3.02. The monoisotopic (exact) mass is 261 g/mol. The number of carboxylic acid groups (broad SMARTS) is 1. The topological polar surface area (TPSA) is 81.8 Å². The quantitative estimate of drug-likeness (QED) is 0.910. The van der Waals surface area contributed by atoms with E-state index in [-0.39, 0.29) is 11.8 Å². The van der Waals surface area contributed by atoms with Crippen LogP contribution in [0.2, 0.25) is 0 Å². The molecule has 1 unspecified atom stereocenters. The van der Waals surface area contributed by atoms with Gasteiger partial charge in [0.15, 0.2) is 11.5 Å². The molecule has 0 aliphatic carbocycles. The van der Waals surface area contributed by atoms with Crippen molar-refractivity contribution in [3.8, 4) is 11.3 Å². The van der Waals surface area contributed by atoms with Crippen molar-refractivity contribution in [2.24, 2.45) is 0 Å². The average Bonchev–Trinajstić information content (AvgIpc) is 3.11. The lowest BCUT2D eigenvalue weighted by Crippen LogP contribution is -1.98. The van der Waals surface area contributed by atoms with Crippen LogP contribution in [-0.2, 0) is 9.47 Å². The van der Waals surface area contributed by atoms with Gasteiger partial charge < -0.3 is 19.1 Å². The summed E-state index contributed by atoms with van der Waals surface area (Å²) < 4.78 is 15.5. The lowest BCUT2D eigenvalue weighted by Gasteiger charge is -2.07. The van der Waals surface area contributed by atoms with Crippen LogP contribution in [0.4, 0.5) is 0 Å². The highest BCUT2D eigenvalue weighted by Gasteiger charge is 2.18. The number of nitrogens with zero attached hydrogens (tertiary/aromatic N) is 1. The van der Waals surface area contributed by atoms with Crippen molar-refractivity contribution in [1.29, 1.82) is 0 Å². The van der Waals surface area contributed by atoms with Gasteiger partial charge in [-0.05, 0) is 5.56 Å². The van der Waals surface area contributed by atoms with Gasteiger partial charge in [0, 0.05) is 11.6 Å². The molecule has 1 fully saturated rings. The lowest BCUT2D eigenvalue weighted by atomic mass is 10.1. The van der Waals surface area contributed by atoms with Crippen molar-refractivity contribution in [1.82, 2.24) is 5.16 Å². The van der Waals surface area contributed by atoms with E-state index in [1.807, 2.05) is 24.3 Å². The van der Waals surface area contributed by atoms with Gasteiger partial charge in [-0.1, -0.05) is 29.4 Å². The fourth-order valence-corrected chi connectivity index (χ4v) is 1.90. The Morgan fingerprint density at radius 3 is 2.68 bits per heavy atom. The smallest absolute Gasteiger partial charge is 0.358 e. The summed E-state index contributed by atoms with van der Waals surface area (Å²) in [5, 5.41) is 12.3. The summed E-state index contributed by atoms with van der Waals surface area (Å²) in [5.74, 6) is -0.685. The second-order valence-corrected chi connectivity index (χ2v) is 4.15. The minimum atomic E-state index is -1.11. The number of hydrogen-bond acceptors (Lipinski definition) is 5. The first-order valence-corrected chi connectivity index (χ1v) is 5.74. The summed E-state index contributed by atoms with van der Waals surface area (Å²) in [7, 11) is 0. The zero-order valence-corrected chi connectivity index (χ0v) is 9.91. The van der Waals surface area contributed by atoms with Crippen molar-refractivity contribution in [3.63, 3.8) is 0 Å². The molecule has 0 amide bonds. The van der Waals surface area contributed by atoms with E-state index in [4.69, 9.17) is 19.1 Å². The third-order valence-electron chi connectivity index (χ3n) is 2.92. The first kappa shape index (κ1) is 11.9. The van der Waals surface area contributed by atoms with Gasteiger partial charge >= 0.3 is 5.97 Å². The maximum Gasteiger partial charge on any atom is 0.358 e. The zero-order chi connectivity index (χ0) is 13.2. The second kappa shape index (κ2) is 4.83. The average molecular weight is 261 g/mol. The second-order valence-electron chi connectivity index (χ2n) is 4.15. The van der Waals surface area contributed by atoms with Crippen molar-refractivity contribution >= 4 is 5.97 Å². The van der Waals surface area contributed by atoms with Crippen molar-refractivity contribution in [3.05, 3.63) is 41.6 Å². The molecule has 0 saturated carbocycles. The molecule has 19 heavy (non-hydrogen) atoms. The number of rotatable bonds is 3. The molecule has 1 saturated heterocycles. The van der Waals surface area contributed by atoms with Gasteiger partial charge in [-0.2, -0.15) is 0 Å². The molecule has 0 spiro atoms. The predicted molar refractivity (Wildman–Crippen MR) is 63.5 cm³/mol. The molecule has 6 heteroatoms. The summed E-state index contributed by atoms with van der Waals surface area (Å²) in [6.45, 7) is 0.862. The summed E-state index contributed by atoms with van der Waals surface area (Å²) >= 11 is 0. The van der Waals surface area contributed by atoms with Crippen LogP contribution in [0.3, 0.4) is 0 Å². The van der Waals surface area contributed by atoms with Gasteiger partial charge in [0.25, 0.3) is 0 Å². The zero-order valence-electron chi connectivity index (χ0n) is 9.91. The maximum absolute atomic E-state index is 10.7. The lowest BCUT2D eigenvalue weighted by molar-refractivity contribution is 0.0466. The van der Waals surface area contributed by atoms with Gasteiger partial charge in [0.2, 0.25) is 0 Å². The number of aromatic nitrogens is 1. The number of carboxylic acids is 1. The van der Waals surface area contributed by atoms with Crippen LogP contribution >= 0.6 is 0 Å². The number of carbonyl (C=O) groups is 1. The van der Waals surface area contributed by atoms with Crippen LogP contribution in [0, 0.1) is 0 Å². The van der Waals surface area contributed by atoms with Gasteiger partial charge in [-0.25, -0.2) is 4.79 Å². The molecule has 1 atom stereocenters. The van der Waals surface area contributed by atoms with Crippen LogP contribution in [0.5, 0.6) is 0 Å². The molecule has 0 bridgehead atoms. The van der Waals surface area contributed by atoms with Gasteiger partial charge in [0.1, 0.15) is 12.9 Å². The van der Waals surface area contributed by atoms with Crippen molar-refractivity contribution < 1.29 is 23.9 Å². The fraction of sp³-hybridized carbons (Fsp3) is 0.231. The third-order valence-corrected chi connectivity index (χ3v) is 2.92. The number of ether oxygens (including phenoxy) is 2. The number of aromatic carboxylic acids is 1. The molecule has 2 heterocycles. The number of hydrogen-bond donors (Lipinski definition) is 1. The molecule has 2 aromatic rings. The van der Waals surface area contributed by atoms with Gasteiger partial charge in [0.05, 0.1) is 6.61 Å². The van der Waals surface area contributed by atoms with Crippen LogP contribution < -0.4 is 0 Å². The summed E-state index contributed by atoms with van der Waals surface area (Å²) in [4.78, 5) is 10.7. The Balaban J connectivity index is 1.82. The molecule has 98 valence electrons. The fourth-order valence-electron chi connectivity index (χ4n) is 1.90. The molecule has 1 N–H and O–H groups in total. The largest absolute Gasteiger partial charge is 0.476 e. The van der Waals surface area contributed by atoms with Crippen LogP contribution in [0.1, 0.15) is 22.2 Å². The van der Waals surface area contributed by atoms with E-state index >= 15 is 0 Å². The Morgan fingerprint density at radius 1 is 1.32 bits per heavy atom. The molecule has 1 aliphatic heterocycles. The van der Waals surface area contributed by atoms with Gasteiger partial charge in [-0.3, -0.25) is 0 Å². The van der Waals surface area contributed by atoms with E-state index in [0.717, 1.165) is 11.1 Å². The maximum atomic E-state index is 10.7. The van der Waals surface area contributed by atoms with Crippen LogP contribution in [-0.4, -0.2) is 29.6 Å². The minimum absolute atomic E-state index is 0.0432. The summed E-state index contributed by atoms with van der Waals surface area (Å²) in [6, 6.07) is 8.87. The Labute approximate surface area is 108 Å². The molecule has 1 aliphatic rings. The van der Waals surface area contributed by atoms with Crippen molar-refractivity contribution in [2.45, 2.75) is 6.10 Å². The van der Waals surface area contributed by atoms with E-state index in [2.05, 4.69) is 5.16 Å². The minimum Gasteiger partial charge on any atom is -0.476 e. The standard InChI is InChI=1S/C13H11NO5/c15-13(16)10-5-11(19-14-10)8-1-3-9(4-2-8)12-6-17-7-18-12/h1-5,12H,6-7H2,(H,15,16). The normalized spacial score (nSPS) is 18.6. The Morgan fingerprint density at radius 2 is 2.11 bits per heavy atom. The Bertz CT molecular complexity index is 583. The van der Waals surface area contributed by atoms with Gasteiger partial charge in [-0.15, -0.1) is 0 Å². The molecule has 1 aromatic carbocycles. The predicted octanol–water partition coefficient (Wildman–Crippen LogP) is 2.09. The Hall–Kier alpha value is -2.18. The highest BCUT2D eigenvalue weighted by molar-refractivity contribution is 5.86. The van der Waals surface area contributed by atoms with Crippen LogP contribution in [0.25, 0.3) is 11.3 Å². The highest BCUT2D eigenvalue weighted by Crippen LogP contribution is 2.26. The van der Waals surface area contributed by atoms with Crippen molar-refractivity contribution in [2.75, 3.05) is 13.4 Å². The molecule has 6 nitrogen and oxygen atoms in total. The first-order chi connectivity index (χ1) is 9.24. The van der Waals surface area contributed by atoms with E-state index in [0.29, 0.717) is 19.2 Å². The summed E-state index contributed by atoms with van der Waals surface area (Å²) in [6.07, 6.45) is -0.0432. The molecular formula is C13H11NO5. The molecular weight excluding hydrogens is 250 g/mol. The molecule has 3 rings (SSSR count). The van der Waals surface area contributed by atoms with E-state index in [1.165, 1.54) is 6.07 Å². The third kappa shape index (κ3) is 2.35. The van der Waals surface area contributed by atoms with Crippen LogP contribution in [0.15, 0.2) is 34.9 Å².